The Hall–Kier alpha value is -1.09. The maximum absolute atomic E-state index is 5.42. The van der Waals surface area contributed by atoms with Crippen LogP contribution in [-0.4, -0.2) is 5.11 Å². The van der Waals surface area contributed by atoms with Gasteiger partial charge >= 0.3 is 0 Å². The van der Waals surface area contributed by atoms with Crippen molar-refractivity contribution < 1.29 is 0 Å². The second-order valence-electron chi connectivity index (χ2n) is 4.13. The third-order valence-electron chi connectivity index (χ3n) is 2.76. The molecule has 0 aromatic carbocycles. The van der Waals surface area contributed by atoms with Crippen molar-refractivity contribution in [3.05, 3.63) is 36.1 Å². The second kappa shape index (κ2) is 6.48. The highest BCUT2D eigenvalue weighted by atomic mass is 32.1. The Bertz CT molecular complexity index is 329. The number of hydrogen-bond donors (Lipinski definition) is 2. The van der Waals surface area contributed by atoms with E-state index in [2.05, 4.69) is 37.0 Å². The van der Waals surface area contributed by atoms with Gasteiger partial charge in [-0.3, -0.25) is 0 Å². The van der Waals surface area contributed by atoms with Gasteiger partial charge in [-0.15, -0.1) is 0 Å². The summed E-state index contributed by atoms with van der Waals surface area (Å²) < 4.78 is 0. The average Bonchev–Trinajstić information content (AvgIpc) is 2.20. The number of rotatable bonds is 4. The van der Waals surface area contributed by atoms with Crippen molar-refractivity contribution >= 4 is 17.3 Å². The molecule has 0 bridgehead atoms. The van der Waals surface area contributed by atoms with Crippen molar-refractivity contribution in [1.82, 2.24) is 5.32 Å². The standard InChI is InChI=1S/C13H20N2S/c1-3-6-11-7-4-5-8-12(11)9-10(2)15-13(14)16/h3,6-7,12H,2,4-5,8-9H2,1H3,(H3,14,15,16)/b6-3+. The van der Waals surface area contributed by atoms with Gasteiger partial charge in [0.25, 0.3) is 0 Å². The van der Waals surface area contributed by atoms with Crippen LogP contribution in [0.25, 0.3) is 0 Å². The molecular formula is C13H20N2S. The number of thiocarbonyl (C=S) groups is 1. The number of nitrogens with one attached hydrogen (secondary N) is 1. The van der Waals surface area contributed by atoms with Crippen molar-refractivity contribution in [3.63, 3.8) is 0 Å². The largest absolute Gasteiger partial charge is 0.376 e. The van der Waals surface area contributed by atoms with E-state index in [4.69, 9.17) is 18.0 Å². The molecule has 0 heterocycles. The highest BCUT2D eigenvalue weighted by Gasteiger charge is 2.16. The minimum atomic E-state index is 0.303. The lowest BCUT2D eigenvalue weighted by Gasteiger charge is -2.23. The lowest BCUT2D eigenvalue weighted by atomic mass is 9.84. The quantitative estimate of drug-likeness (QED) is 0.737. The zero-order chi connectivity index (χ0) is 12.0. The van der Waals surface area contributed by atoms with Gasteiger partial charge in [0.15, 0.2) is 5.11 Å². The highest BCUT2D eigenvalue weighted by molar-refractivity contribution is 7.80. The zero-order valence-electron chi connectivity index (χ0n) is 9.83. The Labute approximate surface area is 103 Å². The molecule has 3 N–H and O–H groups in total. The van der Waals surface area contributed by atoms with E-state index in [9.17, 15) is 0 Å². The van der Waals surface area contributed by atoms with Crippen LogP contribution < -0.4 is 11.1 Å². The topological polar surface area (TPSA) is 38.0 Å². The first-order chi connectivity index (χ1) is 7.63. The summed E-state index contributed by atoms with van der Waals surface area (Å²) in [6, 6.07) is 0. The van der Waals surface area contributed by atoms with E-state index in [1.807, 2.05) is 0 Å². The van der Waals surface area contributed by atoms with Crippen LogP contribution in [0, 0.1) is 5.92 Å². The minimum Gasteiger partial charge on any atom is -0.376 e. The van der Waals surface area contributed by atoms with Crippen LogP contribution >= 0.6 is 12.2 Å². The lowest BCUT2D eigenvalue weighted by molar-refractivity contribution is 0.511. The van der Waals surface area contributed by atoms with Gasteiger partial charge in [0, 0.05) is 5.70 Å². The van der Waals surface area contributed by atoms with Gasteiger partial charge in [0.2, 0.25) is 0 Å². The highest BCUT2D eigenvalue weighted by Crippen LogP contribution is 2.30. The predicted octanol–water partition coefficient (Wildman–Crippen LogP) is 3.03. The van der Waals surface area contributed by atoms with Gasteiger partial charge in [-0.25, -0.2) is 0 Å². The van der Waals surface area contributed by atoms with Crippen molar-refractivity contribution in [3.8, 4) is 0 Å². The molecule has 3 heteroatoms. The van der Waals surface area contributed by atoms with Gasteiger partial charge < -0.3 is 11.1 Å². The first-order valence-electron chi connectivity index (χ1n) is 5.70. The van der Waals surface area contributed by atoms with Gasteiger partial charge in [-0.1, -0.05) is 24.8 Å². The molecule has 1 unspecified atom stereocenters. The Balaban J connectivity index is 2.57. The first-order valence-corrected chi connectivity index (χ1v) is 6.11. The molecular weight excluding hydrogens is 216 g/mol. The van der Waals surface area contributed by atoms with Crippen molar-refractivity contribution in [2.75, 3.05) is 0 Å². The van der Waals surface area contributed by atoms with E-state index in [0.717, 1.165) is 12.1 Å². The SMILES string of the molecule is C=C(CC1CCCC=C1/C=C/C)NC(N)=S. The fourth-order valence-corrected chi connectivity index (χ4v) is 2.25. The predicted molar refractivity (Wildman–Crippen MR) is 73.9 cm³/mol. The molecule has 0 aromatic rings. The molecule has 0 aliphatic heterocycles. The van der Waals surface area contributed by atoms with Crippen LogP contribution in [0.3, 0.4) is 0 Å². The Morgan fingerprint density at radius 3 is 3.12 bits per heavy atom. The van der Waals surface area contributed by atoms with Crippen LogP contribution in [0.15, 0.2) is 36.1 Å². The van der Waals surface area contributed by atoms with Gasteiger partial charge in [0.1, 0.15) is 0 Å². The van der Waals surface area contributed by atoms with Crippen LogP contribution in [0.1, 0.15) is 32.6 Å². The molecule has 0 fully saturated rings. The Morgan fingerprint density at radius 1 is 1.75 bits per heavy atom. The Morgan fingerprint density at radius 2 is 2.50 bits per heavy atom. The summed E-state index contributed by atoms with van der Waals surface area (Å²) in [5.74, 6) is 0.555. The molecule has 1 aliphatic rings. The number of nitrogens with two attached hydrogens (primary N) is 1. The zero-order valence-corrected chi connectivity index (χ0v) is 10.6. The molecule has 0 radical (unpaired) electrons. The van der Waals surface area contributed by atoms with Crippen molar-refractivity contribution in [1.29, 1.82) is 0 Å². The lowest BCUT2D eigenvalue weighted by Crippen LogP contribution is -2.29. The van der Waals surface area contributed by atoms with E-state index >= 15 is 0 Å². The van der Waals surface area contributed by atoms with E-state index in [-0.39, 0.29) is 0 Å². The molecule has 0 spiro atoms. The summed E-state index contributed by atoms with van der Waals surface area (Å²) in [7, 11) is 0. The summed E-state index contributed by atoms with van der Waals surface area (Å²) in [4.78, 5) is 0. The normalized spacial score (nSPS) is 20.6. The van der Waals surface area contributed by atoms with E-state index in [1.54, 1.807) is 0 Å². The van der Waals surface area contributed by atoms with Gasteiger partial charge in [-0.05, 0) is 56.3 Å². The van der Waals surface area contributed by atoms with Crippen LogP contribution in [0.5, 0.6) is 0 Å². The molecule has 1 atom stereocenters. The fraction of sp³-hybridized carbons (Fsp3) is 0.462. The van der Waals surface area contributed by atoms with Gasteiger partial charge in [-0.2, -0.15) is 0 Å². The molecule has 0 aromatic heterocycles. The van der Waals surface area contributed by atoms with E-state index in [1.165, 1.54) is 24.8 Å². The first kappa shape index (κ1) is 13.0. The minimum absolute atomic E-state index is 0.303. The third-order valence-corrected chi connectivity index (χ3v) is 2.86. The molecule has 88 valence electrons. The third kappa shape index (κ3) is 4.19. The van der Waals surface area contributed by atoms with Crippen LogP contribution in [0.4, 0.5) is 0 Å². The maximum atomic E-state index is 5.42. The van der Waals surface area contributed by atoms with E-state index < -0.39 is 0 Å². The molecule has 0 amide bonds. The van der Waals surface area contributed by atoms with E-state index in [0.29, 0.717) is 11.0 Å². The Kier molecular flexibility index (Phi) is 5.26. The van der Waals surface area contributed by atoms with Gasteiger partial charge in [0.05, 0.1) is 0 Å². The smallest absolute Gasteiger partial charge is 0.167 e. The van der Waals surface area contributed by atoms with Crippen molar-refractivity contribution in [2.45, 2.75) is 32.6 Å². The summed E-state index contributed by atoms with van der Waals surface area (Å²) >= 11 is 4.80. The molecule has 2 nitrogen and oxygen atoms in total. The summed E-state index contributed by atoms with van der Waals surface area (Å²) in [5, 5.41) is 3.22. The summed E-state index contributed by atoms with van der Waals surface area (Å²) in [6.45, 7) is 6.00. The fourth-order valence-electron chi connectivity index (χ4n) is 2.11. The van der Waals surface area contributed by atoms with Crippen molar-refractivity contribution in [2.24, 2.45) is 11.7 Å². The number of hydrogen-bond acceptors (Lipinski definition) is 1. The molecule has 1 rings (SSSR count). The maximum Gasteiger partial charge on any atom is 0.167 e. The average molecular weight is 236 g/mol. The molecule has 0 saturated carbocycles. The molecule has 1 aliphatic carbocycles. The van der Waals surface area contributed by atoms with Crippen LogP contribution in [0.2, 0.25) is 0 Å². The molecule has 16 heavy (non-hydrogen) atoms. The van der Waals surface area contributed by atoms with Crippen LogP contribution in [-0.2, 0) is 0 Å². The number of allylic oxidation sites excluding steroid dienone is 5. The monoisotopic (exact) mass is 236 g/mol. The molecule has 0 saturated heterocycles. The summed E-state index contributed by atoms with van der Waals surface area (Å²) in [5.41, 5.74) is 7.75. The summed E-state index contributed by atoms with van der Waals surface area (Å²) in [6.07, 6.45) is 11.2. The second-order valence-corrected chi connectivity index (χ2v) is 4.57.